The third-order valence-corrected chi connectivity index (χ3v) is 4.68. The van der Waals surface area contributed by atoms with Gasteiger partial charge in [0.05, 0.1) is 6.07 Å². The number of esters is 1. The van der Waals surface area contributed by atoms with Crippen LogP contribution in [0.25, 0.3) is 0 Å². The fraction of sp³-hybridized carbons (Fsp3) is 0.350. The summed E-state index contributed by atoms with van der Waals surface area (Å²) in [6, 6.07) is 6.93. The molecule has 1 N–H and O–H groups in total. The summed E-state index contributed by atoms with van der Waals surface area (Å²) in [7, 11) is -1.23. The van der Waals surface area contributed by atoms with Gasteiger partial charge in [0, 0.05) is 25.1 Å². The Bertz CT molecular complexity index is 918. The number of ether oxygens (including phenoxy) is 3. The molecule has 2 aliphatic heterocycles. The highest BCUT2D eigenvalue weighted by molar-refractivity contribution is 6.47. The van der Waals surface area contributed by atoms with Crippen molar-refractivity contribution in [3.63, 3.8) is 0 Å². The molecule has 0 saturated heterocycles. The smallest absolute Gasteiger partial charge is 0.526 e. The number of para-hydroxylation sites is 1. The van der Waals surface area contributed by atoms with E-state index in [-0.39, 0.29) is 48.9 Å². The Balaban J connectivity index is 1.68. The minimum absolute atomic E-state index is 0.103. The number of hydrogen-bond donors (Lipinski definition) is 1. The number of Topliss-reactive ketones (excluding diaryl/α,β-unsaturated/α-hetero) is 1. The van der Waals surface area contributed by atoms with Crippen molar-refractivity contribution in [2.24, 2.45) is 0 Å². The number of rotatable bonds is 7. The summed E-state index contributed by atoms with van der Waals surface area (Å²) in [6.45, 7) is 5.07. The van der Waals surface area contributed by atoms with Crippen molar-refractivity contribution in [3.05, 3.63) is 53.4 Å². The highest BCUT2D eigenvalue weighted by atomic mass is 16.7. The Morgan fingerprint density at radius 3 is 2.90 bits per heavy atom. The lowest BCUT2D eigenvalue weighted by molar-refractivity contribution is -0.119. The molecule has 150 valence electrons. The molecule has 29 heavy (non-hydrogen) atoms. The highest BCUT2D eigenvalue weighted by Gasteiger charge is 2.37. The highest BCUT2D eigenvalue weighted by Crippen LogP contribution is 2.37. The minimum Gasteiger partial charge on any atom is -0.535 e. The van der Waals surface area contributed by atoms with E-state index in [9.17, 15) is 14.6 Å². The Labute approximate surface area is 168 Å². The van der Waals surface area contributed by atoms with Crippen LogP contribution in [-0.4, -0.2) is 30.5 Å². The number of benzene rings is 1. The predicted molar refractivity (Wildman–Crippen MR) is 101 cm³/mol. The predicted octanol–water partition coefficient (Wildman–Crippen LogP) is 2.64. The number of nitrogens with zero attached hydrogens (tertiary/aromatic N) is 1. The lowest BCUT2D eigenvalue weighted by Crippen LogP contribution is -2.36. The first-order chi connectivity index (χ1) is 13.9. The van der Waals surface area contributed by atoms with Crippen molar-refractivity contribution in [1.29, 1.82) is 5.26 Å². The summed E-state index contributed by atoms with van der Waals surface area (Å²) in [5, 5.41) is 18.9. The van der Waals surface area contributed by atoms with Crippen LogP contribution in [-0.2, 0) is 25.4 Å². The van der Waals surface area contributed by atoms with E-state index in [2.05, 4.69) is 6.58 Å². The van der Waals surface area contributed by atoms with Gasteiger partial charge < -0.3 is 23.9 Å². The van der Waals surface area contributed by atoms with E-state index in [1.165, 1.54) is 0 Å². The van der Waals surface area contributed by atoms with E-state index in [4.69, 9.17) is 24.1 Å². The molecule has 0 saturated carbocycles. The van der Waals surface area contributed by atoms with Crippen molar-refractivity contribution in [2.75, 3.05) is 6.61 Å². The molecule has 0 aromatic heterocycles. The van der Waals surface area contributed by atoms with E-state index < -0.39 is 18.9 Å². The van der Waals surface area contributed by atoms with Gasteiger partial charge in [-0.1, -0.05) is 12.1 Å². The molecule has 0 bridgehead atoms. The summed E-state index contributed by atoms with van der Waals surface area (Å²) in [6.07, 6.45) is 0.766. The zero-order chi connectivity index (χ0) is 21.0. The number of hydrogen-bond acceptors (Lipinski definition) is 8. The van der Waals surface area contributed by atoms with Crippen LogP contribution >= 0.6 is 0 Å². The second-order valence-corrected chi connectivity index (χ2v) is 6.80. The first kappa shape index (κ1) is 20.5. The third-order valence-electron chi connectivity index (χ3n) is 4.68. The Kier molecular flexibility index (Phi) is 6.24. The molecule has 0 unspecified atom stereocenters. The maximum Gasteiger partial charge on any atom is 0.526 e. The molecule has 2 heterocycles. The van der Waals surface area contributed by atoms with Gasteiger partial charge in [0.1, 0.15) is 22.9 Å². The lowest BCUT2D eigenvalue weighted by atomic mass is 9.64. The van der Waals surface area contributed by atoms with Gasteiger partial charge in [-0.25, -0.2) is 4.79 Å². The van der Waals surface area contributed by atoms with E-state index >= 15 is 0 Å². The second kappa shape index (κ2) is 8.84. The standard InChI is InChI=1S/C20H20BNO7/c1-12-18(28-13(2)27-12)11-26-20(24)17-7-3-5-14-9-15(21(25)29-19(14)17)10-16(23)6-4-8-22/h3,5,7,15,25H,2,4,6,9-11H2,1H3/t15-/m1/s1. The minimum atomic E-state index is -1.23. The van der Waals surface area contributed by atoms with Crippen molar-refractivity contribution >= 4 is 18.9 Å². The zero-order valence-electron chi connectivity index (χ0n) is 16.0. The Hall–Kier alpha value is -3.25. The average molecular weight is 397 g/mol. The largest absolute Gasteiger partial charge is 0.535 e. The van der Waals surface area contributed by atoms with Gasteiger partial charge >= 0.3 is 13.1 Å². The first-order valence-corrected chi connectivity index (χ1v) is 9.15. The summed E-state index contributed by atoms with van der Waals surface area (Å²) in [5.74, 6) is -0.0144. The van der Waals surface area contributed by atoms with Gasteiger partial charge in [-0.05, 0) is 31.6 Å². The first-order valence-electron chi connectivity index (χ1n) is 9.15. The quantitative estimate of drug-likeness (QED) is 0.552. The molecule has 1 aromatic carbocycles. The van der Waals surface area contributed by atoms with Gasteiger partial charge in [-0.2, -0.15) is 5.26 Å². The Morgan fingerprint density at radius 2 is 2.21 bits per heavy atom. The molecule has 0 aliphatic carbocycles. The van der Waals surface area contributed by atoms with E-state index in [1.54, 1.807) is 25.1 Å². The van der Waals surface area contributed by atoms with Crippen LogP contribution in [0.4, 0.5) is 0 Å². The number of nitriles is 1. The van der Waals surface area contributed by atoms with Crippen LogP contribution < -0.4 is 4.65 Å². The fourth-order valence-electron chi connectivity index (χ4n) is 3.21. The molecule has 9 heteroatoms. The number of ketones is 1. The van der Waals surface area contributed by atoms with Gasteiger partial charge in [0.25, 0.3) is 5.95 Å². The van der Waals surface area contributed by atoms with Gasteiger partial charge in [0.15, 0.2) is 12.4 Å². The monoisotopic (exact) mass is 397 g/mol. The van der Waals surface area contributed by atoms with Crippen LogP contribution in [0.2, 0.25) is 5.82 Å². The lowest BCUT2D eigenvalue weighted by Gasteiger charge is -2.28. The van der Waals surface area contributed by atoms with Crippen LogP contribution in [0.5, 0.6) is 5.75 Å². The molecular formula is C20H20BNO7. The van der Waals surface area contributed by atoms with Crippen molar-refractivity contribution in [1.82, 2.24) is 0 Å². The second-order valence-electron chi connectivity index (χ2n) is 6.80. The van der Waals surface area contributed by atoms with Gasteiger partial charge in [0.2, 0.25) is 0 Å². The molecule has 2 aliphatic rings. The molecule has 8 nitrogen and oxygen atoms in total. The van der Waals surface area contributed by atoms with Crippen LogP contribution in [0.1, 0.15) is 42.1 Å². The Morgan fingerprint density at radius 1 is 1.41 bits per heavy atom. The topological polar surface area (TPSA) is 115 Å². The summed E-state index contributed by atoms with van der Waals surface area (Å²) in [4.78, 5) is 24.5. The number of fused-ring (bicyclic) bond motifs is 1. The van der Waals surface area contributed by atoms with Crippen LogP contribution in [0.3, 0.4) is 0 Å². The molecule has 3 rings (SSSR count). The zero-order valence-corrected chi connectivity index (χ0v) is 16.0. The molecule has 0 spiro atoms. The number of carbonyl (C=O) groups excluding carboxylic acids is 2. The number of carbonyl (C=O) groups is 2. The summed E-state index contributed by atoms with van der Waals surface area (Å²) in [5.41, 5.74) is 0.874. The molecule has 0 fully saturated rings. The average Bonchev–Trinajstić information content (AvgIpc) is 3.01. The van der Waals surface area contributed by atoms with Gasteiger partial charge in [-0.3, -0.25) is 4.79 Å². The molecule has 1 aromatic rings. The fourth-order valence-corrected chi connectivity index (χ4v) is 3.21. The third kappa shape index (κ3) is 4.79. The van der Waals surface area contributed by atoms with E-state index in [1.807, 2.05) is 6.07 Å². The molecule has 0 amide bonds. The van der Waals surface area contributed by atoms with Gasteiger partial charge in [-0.15, -0.1) is 0 Å². The summed E-state index contributed by atoms with van der Waals surface area (Å²) >= 11 is 0. The SMILES string of the molecule is C=C1OC(C)=C(COC(=O)c2cccc3c2OB(O)[C@@H](CC(=O)CCC#N)C3)O1. The van der Waals surface area contributed by atoms with Crippen molar-refractivity contribution in [2.45, 2.75) is 38.4 Å². The molecule has 1 atom stereocenters. The number of allylic oxidation sites excluding steroid dienone is 1. The molecule has 0 radical (unpaired) electrons. The maximum atomic E-state index is 12.5. The van der Waals surface area contributed by atoms with Crippen LogP contribution in [0, 0.1) is 11.3 Å². The van der Waals surface area contributed by atoms with E-state index in [0.29, 0.717) is 23.5 Å². The van der Waals surface area contributed by atoms with Crippen molar-refractivity contribution < 1.29 is 33.5 Å². The van der Waals surface area contributed by atoms with Crippen molar-refractivity contribution in [3.8, 4) is 11.8 Å². The summed E-state index contributed by atoms with van der Waals surface area (Å²) < 4.78 is 21.2. The van der Waals surface area contributed by atoms with E-state index in [0.717, 1.165) is 0 Å². The van der Waals surface area contributed by atoms with Crippen LogP contribution in [0.15, 0.2) is 42.2 Å². The maximum absolute atomic E-state index is 12.5. The normalized spacial score (nSPS) is 17.6. The molecular weight excluding hydrogens is 377 g/mol.